The van der Waals surface area contributed by atoms with Gasteiger partial charge in [0.1, 0.15) is 11.6 Å². The van der Waals surface area contributed by atoms with E-state index in [1.807, 2.05) is 28.0 Å². The summed E-state index contributed by atoms with van der Waals surface area (Å²) in [5, 5.41) is 3.21. The zero-order valence-electron chi connectivity index (χ0n) is 19.4. The standard InChI is InChI=1S/C26H27F4N5O/c27-20-7-4-16(5-8-20)24(31)23(21-3-1-2-10-32-21)25(36)35-14-17-12-34(13-18(17)15-35)22-9-6-19(11-33-22)26(28,29)30/h1-11,17-18,21,23-24,32H,12-15,31H2. The molecule has 0 bridgehead atoms. The average molecular weight is 502 g/mol. The molecule has 0 radical (unpaired) electrons. The fourth-order valence-electron chi connectivity index (χ4n) is 5.42. The molecule has 2 saturated heterocycles. The largest absolute Gasteiger partial charge is 0.417 e. The van der Waals surface area contributed by atoms with E-state index in [1.165, 1.54) is 18.2 Å². The molecule has 0 spiro atoms. The Morgan fingerprint density at radius 2 is 1.72 bits per heavy atom. The highest BCUT2D eigenvalue weighted by atomic mass is 19.4. The molecule has 1 aromatic heterocycles. The number of likely N-dealkylation sites (tertiary alicyclic amines) is 1. The first kappa shape index (κ1) is 24.3. The van der Waals surface area contributed by atoms with Crippen LogP contribution in [-0.4, -0.2) is 48.0 Å². The summed E-state index contributed by atoms with van der Waals surface area (Å²) < 4.78 is 52.0. The number of fused-ring (bicyclic) bond motifs is 1. The first-order valence-corrected chi connectivity index (χ1v) is 11.9. The van der Waals surface area contributed by atoms with Crippen molar-refractivity contribution in [3.05, 3.63) is 84.0 Å². The summed E-state index contributed by atoms with van der Waals surface area (Å²) in [6.07, 6.45) is 3.83. The van der Waals surface area contributed by atoms with E-state index in [0.29, 0.717) is 37.6 Å². The number of anilines is 1. The number of carbonyl (C=O) groups is 1. The van der Waals surface area contributed by atoms with Gasteiger partial charge in [-0.05, 0) is 42.1 Å². The third-order valence-corrected chi connectivity index (χ3v) is 7.33. The van der Waals surface area contributed by atoms with Crippen molar-refractivity contribution in [1.82, 2.24) is 15.2 Å². The third-order valence-electron chi connectivity index (χ3n) is 7.33. The lowest BCUT2D eigenvalue weighted by atomic mass is 9.85. The Labute approximate surface area is 206 Å². The number of carbonyl (C=O) groups excluding carboxylic acids is 1. The summed E-state index contributed by atoms with van der Waals surface area (Å²) in [4.78, 5) is 21.6. The van der Waals surface area contributed by atoms with E-state index in [2.05, 4.69) is 10.3 Å². The smallest absolute Gasteiger partial charge is 0.384 e. The van der Waals surface area contributed by atoms with Gasteiger partial charge in [-0.3, -0.25) is 4.79 Å². The van der Waals surface area contributed by atoms with Crippen LogP contribution in [0.2, 0.25) is 0 Å². The van der Waals surface area contributed by atoms with Gasteiger partial charge in [0.05, 0.1) is 17.5 Å². The molecule has 3 N–H and O–H groups in total. The highest BCUT2D eigenvalue weighted by Gasteiger charge is 2.45. The number of allylic oxidation sites excluding steroid dienone is 2. The molecule has 2 aromatic rings. The zero-order chi connectivity index (χ0) is 25.4. The van der Waals surface area contributed by atoms with E-state index in [-0.39, 0.29) is 29.6 Å². The molecule has 5 atom stereocenters. The number of benzene rings is 1. The van der Waals surface area contributed by atoms with Crippen molar-refractivity contribution in [2.75, 3.05) is 31.1 Å². The van der Waals surface area contributed by atoms with Gasteiger partial charge in [0.25, 0.3) is 0 Å². The van der Waals surface area contributed by atoms with Crippen LogP contribution in [0.1, 0.15) is 17.2 Å². The van der Waals surface area contributed by atoms with Crippen LogP contribution in [-0.2, 0) is 11.0 Å². The number of hydrogen-bond donors (Lipinski definition) is 2. The van der Waals surface area contributed by atoms with Crippen molar-refractivity contribution in [2.24, 2.45) is 23.5 Å². The molecule has 2 fully saturated rings. The fourth-order valence-corrected chi connectivity index (χ4v) is 5.42. The molecule has 3 aliphatic rings. The lowest BCUT2D eigenvalue weighted by molar-refractivity contribution is -0.138. The van der Waals surface area contributed by atoms with Gasteiger partial charge in [-0.15, -0.1) is 0 Å². The summed E-state index contributed by atoms with van der Waals surface area (Å²) in [7, 11) is 0. The van der Waals surface area contributed by atoms with E-state index >= 15 is 0 Å². The van der Waals surface area contributed by atoms with Crippen LogP contribution in [0.5, 0.6) is 0 Å². The Morgan fingerprint density at radius 1 is 1.03 bits per heavy atom. The number of alkyl halides is 3. The normalized spacial score (nSPS) is 25.0. The molecular formula is C26H27F4N5O. The summed E-state index contributed by atoms with van der Waals surface area (Å²) in [5.41, 5.74) is 6.49. The van der Waals surface area contributed by atoms with Crippen LogP contribution in [0.4, 0.5) is 23.4 Å². The van der Waals surface area contributed by atoms with Gasteiger partial charge >= 0.3 is 6.18 Å². The van der Waals surface area contributed by atoms with Crippen LogP contribution >= 0.6 is 0 Å². The molecule has 5 rings (SSSR count). The number of nitrogens with zero attached hydrogens (tertiary/aromatic N) is 3. The van der Waals surface area contributed by atoms with Gasteiger partial charge < -0.3 is 20.9 Å². The van der Waals surface area contributed by atoms with E-state index in [0.717, 1.165) is 12.3 Å². The monoisotopic (exact) mass is 501 g/mol. The van der Waals surface area contributed by atoms with Gasteiger partial charge in [0.2, 0.25) is 5.91 Å². The Morgan fingerprint density at radius 3 is 2.28 bits per heavy atom. The van der Waals surface area contributed by atoms with E-state index in [4.69, 9.17) is 5.73 Å². The number of rotatable bonds is 5. The van der Waals surface area contributed by atoms with Crippen LogP contribution < -0.4 is 16.0 Å². The summed E-state index contributed by atoms with van der Waals surface area (Å²) in [6, 6.07) is 7.39. The Balaban J connectivity index is 1.28. The molecule has 6 nitrogen and oxygen atoms in total. The fraction of sp³-hybridized carbons (Fsp3) is 0.385. The van der Waals surface area contributed by atoms with Crippen molar-refractivity contribution in [3.8, 4) is 0 Å². The van der Waals surface area contributed by atoms with E-state index in [9.17, 15) is 22.4 Å². The molecule has 0 saturated carbocycles. The van der Waals surface area contributed by atoms with Crippen molar-refractivity contribution < 1.29 is 22.4 Å². The Hall–Kier alpha value is -3.40. The SMILES string of the molecule is NC(c1ccc(F)cc1)C(C(=O)N1CC2CN(c3ccc(C(F)(F)F)cn3)CC2C1)C1C=CC=CN1. The molecular weight excluding hydrogens is 474 g/mol. The predicted molar refractivity (Wildman–Crippen MR) is 127 cm³/mol. The maximum Gasteiger partial charge on any atom is 0.417 e. The first-order chi connectivity index (χ1) is 17.2. The van der Waals surface area contributed by atoms with Crippen molar-refractivity contribution >= 4 is 11.7 Å². The van der Waals surface area contributed by atoms with Gasteiger partial charge in [-0.1, -0.05) is 24.3 Å². The topological polar surface area (TPSA) is 74.5 Å². The van der Waals surface area contributed by atoms with E-state index < -0.39 is 23.7 Å². The average Bonchev–Trinajstić information content (AvgIpc) is 3.44. The maximum absolute atomic E-state index is 13.8. The maximum atomic E-state index is 13.8. The van der Waals surface area contributed by atoms with Gasteiger partial charge in [-0.2, -0.15) is 13.2 Å². The van der Waals surface area contributed by atoms with Crippen molar-refractivity contribution in [2.45, 2.75) is 18.3 Å². The predicted octanol–water partition coefficient (Wildman–Crippen LogP) is 3.49. The molecule has 3 aliphatic heterocycles. The quantitative estimate of drug-likeness (QED) is 0.614. The lowest BCUT2D eigenvalue weighted by Crippen LogP contribution is -2.49. The van der Waals surface area contributed by atoms with Gasteiger partial charge in [0, 0.05) is 50.3 Å². The molecule has 1 aromatic carbocycles. The number of hydrogen-bond acceptors (Lipinski definition) is 5. The summed E-state index contributed by atoms with van der Waals surface area (Å²) in [5.74, 6) is -0.145. The number of halogens is 4. The summed E-state index contributed by atoms with van der Waals surface area (Å²) >= 11 is 0. The highest BCUT2D eigenvalue weighted by molar-refractivity contribution is 5.81. The van der Waals surface area contributed by atoms with E-state index in [1.54, 1.807) is 18.3 Å². The zero-order valence-corrected chi connectivity index (χ0v) is 19.4. The van der Waals surface area contributed by atoms with Crippen molar-refractivity contribution in [3.63, 3.8) is 0 Å². The van der Waals surface area contributed by atoms with Crippen LogP contribution in [0, 0.1) is 23.6 Å². The number of nitrogens with one attached hydrogen (secondary N) is 1. The minimum absolute atomic E-state index is 0.0714. The second-order valence-electron chi connectivity index (χ2n) is 9.61. The Bertz CT molecular complexity index is 1130. The number of amides is 1. The second kappa shape index (κ2) is 9.57. The number of pyridine rings is 1. The van der Waals surface area contributed by atoms with Gasteiger partial charge in [0.15, 0.2) is 0 Å². The molecule has 1 amide bonds. The molecule has 4 heterocycles. The third kappa shape index (κ3) is 4.82. The number of nitrogens with two attached hydrogens (primary N) is 1. The van der Waals surface area contributed by atoms with Crippen LogP contribution in [0.3, 0.4) is 0 Å². The van der Waals surface area contributed by atoms with Crippen LogP contribution in [0.15, 0.2) is 67.0 Å². The lowest BCUT2D eigenvalue weighted by Gasteiger charge is -2.34. The second-order valence-corrected chi connectivity index (χ2v) is 9.61. The Kier molecular flexibility index (Phi) is 6.46. The van der Waals surface area contributed by atoms with Crippen LogP contribution in [0.25, 0.3) is 0 Å². The number of dihydropyridines is 1. The molecule has 0 aliphatic carbocycles. The van der Waals surface area contributed by atoms with Gasteiger partial charge in [-0.25, -0.2) is 9.37 Å². The summed E-state index contributed by atoms with van der Waals surface area (Å²) in [6.45, 7) is 2.32. The molecule has 190 valence electrons. The molecule has 5 unspecified atom stereocenters. The minimum atomic E-state index is -4.42. The minimum Gasteiger partial charge on any atom is -0.384 e. The molecule has 10 heteroatoms. The first-order valence-electron chi connectivity index (χ1n) is 11.9. The highest BCUT2D eigenvalue weighted by Crippen LogP contribution is 2.37. The molecule has 36 heavy (non-hydrogen) atoms. The number of aromatic nitrogens is 1. The van der Waals surface area contributed by atoms with Crippen molar-refractivity contribution in [1.29, 1.82) is 0 Å².